The van der Waals surface area contributed by atoms with Crippen LogP contribution in [0.5, 0.6) is 0 Å². The van der Waals surface area contributed by atoms with E-state index in [0.29, 0.717) is 0 Å². The SMILES string of the molecule is CCn1ccnc1-c1nc2c(C)cc(N3CCN(C)CC3)cc2[nH]1. The van der Waals surface area contributed by atoms with Gasteiger partial charge >= 0.3 is 0 Å². The van der Waals surface area contributed by atoms with Gasteiger partial charge in [-0.25, -0.2) is 9.97 Å². The molecule has 0 radical (unpaired) electrons. The van der Waals surface area contributed by atoms with Crippen molar-refractivity contribution in [3.63, 3.8) is 0 Å². The number of H-pyrrole nitrogens is 1. The number of hydrogen-bond acceptors (Lipinski definition) is 4. The van der Waals surface area contributed by atoms with Crippen molar-refractivity contribution >= 4 is 16.7 Å². The van der Waals surface area contributed by atoms with Crippen LogP contribution >= 0.6 is 0 Å². The van der Waals surface area contributed by atoms with E-state index in [4.69, 9.17) is 4.98 Å². The molecule has 0 amide bonds. The molecule has 1 aliphatic heterocycles. The number of aryl methyl sites for hydroxylation is 2. The molecule has 4 rings (SSSR count). The first-order valence-electron chi connectivity index (χ1n) is 8.61. The minimum Gasteiger partial charge on any atom is -0.369 e. The molecule has 6 heteroatoms. The Balaban J connectivity index is 1.73. The maximum Gasteiger partial charge on any atom is 0.176 e. The highest BCUT2D eigenvalue weighted by Crippen LogP contribution is 2.27. The standard InChI is InChI=1S/C18H24N6/c1-4-23-6-5-19-18(23)17-20-15-12-14(11-13(2)16(15)21-17)24-9-7-22(3)8-10-24/h5-6,11-12H,4,7-10H2,1-3H3,(H,20,21). The Bertz CT molecular complexity index is 854. The summed E-state index contributed by atoms with van der Waals surface area (Å²) >= 11 is 0. The van der Waals surface area contributed by atoms with E-state index >= 15 is 0 Å². The minimum absolute atomic E-state index is 0.843. The van der Waals surface area contributed by atoms with Gasteiger partial charge in [0.05, 0.1) is 11.0 Å². The zero-order valence-electron chi connectivity index (χ0n) is 14.6. The van der Waals surface area contributed by atoms with Crippen LogP contribution in [-0.4, -0.2) is 57.6 Å². The molecule has 126 valence electrons. The van der Waals surface area contributed by atoms with E-state index in [-0.39, 0.29) is 0 Å². The van der Waals surface area contributed by atoms with Crippen LogP contribution in [0.1, 0.15) is 12.5 Å². The quantitative estimate of drug-likeness (QED) is 0.804. The van der Waals surface area contributed by atoms with Gasteiger partial charge in [-0.2, -0.15) is 0 Å². The van der Waals surface area contributed by atoms with E-state index in [1.54, 1.807) is 0 Å². The Labute approximate surface area is 142 Å². The highest BCUT2D eigenvalue weighted by molar-refractivity contribution is 5.85. The van der Waals surface area contributed by atoms with Gasteiger partial charge in [0.1, 0.15) is 0 Å². The maximum absolute atomic E-state index is 4.80. The first-order valence-corrected chi connectivity index (χ1v) is 8.61. The van der Waals surface area contributed by atoms with E-state index in [9.17, 15) is 0 Å². The van der Waals surface area contributed by atoms with Crippen molar-refractivity contribution in [1.82, 2.24) is 24.4 Å². The molecule has 1 N–H and O–H groups in total. The second kappa shape index (κ2) is 5.94. The van der Waals surface area contributed by atoms with Gasteiger partial charge in [0.15, 0.2) is 11.6 Å². The van der Waals surface area contributed by atoms with Gasteiger partial charge in [-0.3, -0.25) is 0 Å². The third-order valence-corrected chi connectivity index (χ3v) is 4.90. The second-order valence-corrected chi connectivity index (χ2v) is 6.57. The normalized spacial score (nSPS) is 16.2. The third kappa shape index (κ3) is 2.57. The average molecular weight is 324 g/mol. The van der Waals surface area contributed by atoms with Gasteiger partial charge in [-0.05, 0) is 38.6 Å². The summed E-state index contributed by atoms with van der Waals surface area (Å²) in [5.41, 5.74) is 4.61. The van der Waals surface area contributed by atoms with Crippen LogP contribution in [0.2, 0.25) is 0 Å². The third-order valence-electron chi connectivity index (χ3n) is 4.90. The molecule has 1 fully saturated rings. The smallest absolute Gasteiger partial charge is 0.176 e. The molecule has 3 aromatic rings. The lowest BCUT2D eigenvalue weighted by molar-refractivity contribution is 0.313. The Kier molecular flexibility index (Phi) is 3.76. The van der Waals surface area contributed by atoms with E-state index < -0.39 is 0 Å². The van der Waals surface area contributed by atoms with Gasteiger partial charge in [0.25, 0.3) is 0 Å². The topological polar surface area (TPSA) is 53.0 Å². The number of benzene rings is 1. The number of nitrogens with zero attached hydrogens (tertiary/aromatic N) is 5. The molecule has 0 saturated carbocycles. The van der Waals surface area contributed by atoms with Gasteiger partial charge in [0.2, 0.25) is 0 Å². The van der Waals surface area contributed by atoms with E-state index in [1.807, 2.05) is 12.4 Å². The summed E-state index contributed by atoms with van der Waals surface area (Å²) in [5.74, 6) is 1.74. The number of rotatable bonds is 3. The van der Waals surface area contributed by atoms with Crippen LogP contribution in [0.15, 0.2) is 24.5 Å². The van der Waals surface area contributed by atoms with E-state index in [0.717, 1.165) is 55.4 Å². The van der Waals surface area contributed by atoms with Crippen LogP contribution < -0.4 is 4.90 Å². The monoisotopic (exact) mass is 324 g/mol. The first kappa shape index (κ1) is 15.2. The molecule has 1 aliphatic rings. The lowest BCUT2D eigenvalue weighted by Crippen LogP contribution is -2.44. The van der Waals surface area contributed by atoms with Crippen molar-refractivity contribution in [3.8, 4) is 11.6 Å². The number of hydrogen-bond donors (Lipinski definition) is 1. The van der Waals surface area contributed by atoms with Crippen molar-refractivity contribution in [1.29, 1.82) is 0 Å². The fraction of sp³-hybridized carbons (Fsp3) is 0.444. The molecule has 0 aliphatic carbocycles. The summed E-state index contributed by atoms with van der Waals surface area (Å²) in [6.45, 7) is 9.51. The number of fused-ring (bicyclic) bond motifs is 1. The summed E-state index contributed by atoms with van der Waals surface area (Å²) in [4.78, 5) is 17.6. The lowest BCUT2D eigenvalue weighted by Gasteiger charge is -2.34. The molecule has 3 heterocycles. The largest absolute Gasteiger partial charge is 0.369 e. The molecule has 2 aromatic heterocycles. The number of aromatic amines is 1. The highest BCUT2D eigenvalue weighted by Gasteiger charge is 2.17. The van der Waals surface area contributed by atoms with Crippen LogP contribution in [-0.2, 0) is 6.54 Å². The van der Waals surface area contributed by atoms with E-state index in [1.165, 1.54) is 11.3 Å². The molecular formula is C18H24N6. The van der Waals surface area contributed by atoms with Crippen LogP contribution in [0.4, 0.5) is 5.69 Å². The molecule has 6 nitrogen and oxygen atoms in total. The zero-order chi connectivity index (χ0) is 16.7. The number of imidazole rings is 2. The van der Waals surface area contributed by atoms with Crippen LogP contribution in [0.3, 0.4) is 0 Å². The number of piperazine rings is 1. The summed E-state index contributed by atoms with van der Waals surface area (Å²) in [6.07, 6.45) is 3.82. The first-order chi connectivity index (χ1) is 11.7. The van der Waals surface area contributed by atoms with Crippen molar-refractivity contribution in [2.75, 3.05) is 38.1 Å². The number of aromatic nitrogens is 4. The fourth-order valence-electron chi connectivity index (χ4n) is 3.41. The summed E-state index contributed by atoms with van der Waals surface area (Å²) in [6, 6.07) is 4.48. The van der Waals surface area contributed by atoms with Gasteiger partial charge in [-0.15, -0.1) is 0 Å². The summed E-state index contributed by atoms with van der Waals surface area (Å²) < 4.78 is 2.11. The molecule has 1 aromatic carbocycles. The predicted molar refractivity (Wildman–Crippen MR) is 97.4 cm³/mol. The van der Waals surface area contributed by atoms with Crippen molar-refractivity contribution in [2.45, 2.75) is 20.4 Å². The van der Waals surface area contributed by atoms with Gasteiger partial charge in [0, 0.05) is 50.8 Å². The number of likely N-dealkylation sites (N-methyl/N-ethyl adjacent to an activating group) is 1. The van der Waals surface area contributed by atoms with Crippen molar-refractivity contribution < 1.29 is 0 Å². The van der Waals surface area contributed by atoms with Crippen molar-refractivity contribution in [2.24, 2.45) is 0 Å². The molecule has 0 unspecified atom stereocenters. The molecular weight excluding hydrogens is 300 g/mol. The Morgan fingerprint density at radius 1 is 1.17 bits per heavy atom. The number of nitrogens with one attached hydrogen (secondary N) is 1. The lowest BCUT2D eigenvalue weighted by atomic mass is 10.1. The Hall–Kier alpha value is -2.34. The summed E-state index contributed by atoms with van der Waals surface area (Å²) in [5, 5.41) is 0. The molecule has 0 spiro atoms. The second-order valence-electron chi connectivity index (χ2n) is 6.57. The minimum atomic E-state index is 0.843. The zero-order valence-corrected chi connectivity index (χ0v) is 14.6. The maximum atomic E-state index is 4.80. The Morgan fingerprint density at radius 2 is 1.96 bits per heavy atom. The Morgan fingerprint density at radius 3 is 2.71 bits per heavy atom. The molecule has 0 bridgehead atoms. The van der Waals surface area contributed by atoms with Gasteiger partial charge in [-0.1, -0.05) is 0 Å². The highest BCUT2D eigenvalue weighted by atomic mass is 15.2. The summed E-state index contributed by atoms with van der Waals surface area (Å²) in [7, 11) is 2.18. The fourth-order valence-corrected chi connectivity index (χ4v) is 3.41. The molecule has 1 saturated heterocycles. The average Bonchev–Trinajstić information content (AvgIpc) is 3.21. The van der Waals surface area contributed by atoms with E-state index in [2.05, 4.69) is 57.4 Å². The molecule has 24 heavy (non-hydrogen) atoms. The van der Waals surface area contributed by atoms with Crippen molar-refractivity contribution in [3.05, 3.63) is 30.1 Å². The van der Waals surface area contributed by atoms with Gasteiger partial charge < -0.3 is 19.4 Å². The number of anilines is 1. The predicted octanol–water partition coefficient (Wildman–Crippen LogP) is 2.51. The molecule has 0 atom stereocenters. The van der Waals surface area contributed by atoms with Crippen LogP contribution in [0.25, 0.3) is 22.7 Å². The van der Waals surface area contributed by atoms with Crippen LogP contribution in [0, 0.1) is 6.92 Å².